The first-order valence-corrected chi connectivity index (χ1v) is 10.8. The maximum absolute atomic E-state index is 11.6. The SMILES string of the molecule is CCNC(=NCC(C)CN1CCCCC1)NC1CCS(=O)(=O)C1. The standard InChI is InChI=1S/C16H32N4O2S/c1-3-17-16(19-15-7-10-23(21,22)13-15)18-11-14(2)12-20-8-5-4-6-9-20/h14-15H,3-13H2,1-2H3,(H2,17,18,19). The highest BCUT2D eigenvalue weighted by atomic mass is 32.2. The first-order chi connectivity index (χ1) is 11.0. The minimum Gasteiger partial charge on any atom is -0.357 e. The van der Waals surface area contributed by atoms with Crippen molar-refractivity contribution in [2.24, 2.45) is 10.9 Å². The van der Waals surface area contributed by atoms with Crippen LogP contribution in [0.3, 0.4) is 0 Å². The number of nitrogens with zero attached hydrogens (tertiary/aromatic N) is 2. The van der Waals surface area contributed by atoms with Crippen molar-refractivity contribution >= 4 is 15.8 Å². The van der Waals surface area contributed by atoms with Gasteiger partial charge in [0.1, 0.15) is 0 Å². The first-order valence-electron chi connectivity index (χ1n) is 8.96. The van der Waals surface area contributed by atoms with Crippen molar-refractivity contribution in [1.29, 1.82) is 0 Å². The fraction of sp³-hybridized carbons (Fsp3) is 0.938. The summed E-state index contributed by atoms with van der Waals surface area (Å²) in [5.74, 6) is 1.77. The molecule has 2 rings (SSSR count). The molecule has 0 spiro atoms. The number of aliphatic imine (C=N–C) groups is 1. The molecule has 0 amide bonds. The highest BCUT2D eigenvalue weighted by Gasteiger charge is 2.28. The Kier molecular flexibility index (Phi) is 7.14. The lowest BCUT2D eigenvalue weighted by Crippen LogP contribution is -2.44. The molecule has 7 heteroatoms. The molecule has 0 aliphatic carbocycles. The van der Waals surface area contributed by atoms with E-state index in [1.807, 2.05) is 6.92 Å². The number of piperidine rings is 1. The maximum atomic E-state index is 11.6. The monoisotopic (exact) mass is 344 g/mol. The Morgan fingerprint density at radius 1 is 1.30 bits per heavy atom. The van der Waals surface area contributed by atoms with Crippen LogP contribution < -0.4 is 10.6 Å². The molecule has 6 nitrogen and oxygen atoms in total. The van der Waals surface area contributed by atoms with E-state index in [0.29, 0.717) is 12.3 Å². The molecule has 2 aliphatic rings. The topological polar surface area (TPSA) is 73.8 Å². The fourth-order valence-corrected chi connectivity index (χ4v) is 4.98. The summed E-state index contributed by atoms with van der Waals surface area (Å²) in [5, 5.41) is 6.50. The van der Waals surface area contributed by atoms with Crippen LogP contribution in [0.15, 0.2) is 4.99 Å². The average Bonchev–Trinajstić information content (AvgIpc) is 2.85. The Morgan fingerprint density at radius 2 is 2.04 bits per heavy atom. The molecule has 2 saturated heterocycles. The van der Waals surface area contributed by atoms with Crippen molar-refractivity contribution in [3.63, 3.8) is 0 Å². The number of likely N-dealkylation sites (tertiary alicyclic amines) is 1. The fourth-order valence-electron chi connectivity index (χ4n) is 3.31. The summed E-state index contributed by atoms with van der Waals surface area (Å²) >= 11 is 0. The van der Waals surface area contributed by atoms with Gasteiger partial charge in [-0.25, -0.2) is 8.42 Å². The zero-order valence-corrected chi connectivity index (χ0v) is 15.4. The van der Waals surface area contributed by atoms with Crippen LogP contribution in [0.5, 0.6) is 0 Å². The second kappa shape index (κ2) is 8.87. The number of hydrogen-bond acceptors (Lipinski definition) is 4. The largest absolute Gasteiger partial charge is 0.357 e. The van der Waals surface area contributed by atoms with Gasteiger partial charge in [-0.05, 0) is 45.2 Å². The van der Waals surface area contributed by atoms with E-state index in [1.54, 1.807) is 0 Å². The third-order valence-electron chi connectivity index (χ3n) is 4.50. The molecule has 0 saturated carbocycles. The van der Waals surface area contributed by atoms with E-state index in [1.165, 1.54) is 32.4 Å². The Morgan fingerprint density at radius 3 is 2.65 bits per heavy atom. The molecular weight excluding hydrogens is 312 g/mol. The molecule has 0 aromatic heterocycles. The normalized spacial score (nSPS) is 26.9. The lowest BCUT2D eigenvalue weighted by Gasteiger charge is -2.28. The molecule has 0 aromatic rings. The van der Waals surface area contributed by atoms with Crippen LogP contribution in [0, 0.1) is 5.92 Å². The molecule has 2 atom stereocenters. The molecule has 2 fully saturated rings. The van der Waals surface area contributed by atoms with Gasteiger partial charge in [-0.15, -0.1) is 0 Å². The van der Waals surface area contributed by atoms with E-state index >= 15 is 0 Å². The van der Waals surface area contributed by atoms with E-state index < -0.39 is 9.84 Å². The molecule has 0 bridgehead atoms. The molecule has 134 valence electrons. The first kappa shape index (κ1) is 18.5. The van der Waals surface area contributed by atoms with Crippen LogP contribution in [0.25, 0.3) is 0 Å². The van der Waals surface area contributed by atoms with Crippen LogP contribution in [0.2, 0.25) is 0 Å². The third kappa shape index (κ3) is 6.67. The molecule has 2 N–H and O–H groups in total. The van der Waals surface area contributed by atoms with Crippen molar-refractivity contribution in [2.45, 2.75) is 45.6 Å². The van der Waals surface area contributed by atoms with Crippen LogP contribution >= 0.6 is 0 Å². The van der Waals surface area contributed by atoms with Crippen molar-refractivity contribution in [3.8, 4) is 0 Å². The van der Waals surface area contributed by atoms with E-state index in [-0.39, 0.29) is 17.5 Å². The van der Waals surface area contributed by atoms with Gasteiger partial charge in [0, 0.05) is 25.7 Å². The second-order valence-corrected chi connectivity index (χ2v) is 9.16. The van der Waals surface area contributed by atoms with Gasteiger partial charge in [0.2, 0.25) is 0 Å². The summed E-state index contributed by atoms with van der Waals surface area (Å²) in [6.07, 6.45) is 4.67. The quantitative estimate of drug-likeness (QED) is 0.552. The van der Waals surface area contributed by atoms with Crippen LogP contribution in [-0.4, -0.2) is 69.5 Å². The van der Waals surface area contributed by atoms with Crippen LogP contribution in [-0.2, 0) is 9.84 Å². The van der Waals surface area contributed by atoms with Gasteiger partial charge in [0.25, 0.3) is 0 Å². The van der Waals surface area contributed by atoms with Gasteiger partial charge < -0.3 is 15.5 Å². The number of guanidine groups is 1. The molecule has 0 radical (unpaired) electrons. The molecule has 2 unspecified atom stereocenters. The van der Waals surface area contributed by atoms with Crippen molar-refractivity contribution in [2.75, 3.05) is 44.2 Å². The van der Waals surface area contributed by atoms with Crippen molar-refractivity contribution in [3.05, 3.63) is 0 Å². The summed E-state index contributed by atoms with van der Waals surface area (Å²) in [4.78, 5) is 7.20. The zero-order chi connectivity index (χ0) is 16.7. The minimum atomic E-state index is -2.86. The lowest BCUT2D eigenvalue weighted by atomic mass is 10.1. The third-order valence-corrected chi connectivity index (χ3v) is 6.27. The van der Waals surface area contributed by atoms with Gasteiger partial charge in [0.15, 0.2) is 15.8 Å². The van der Waals surface area contributed by atoms with Crippen LogP contribution in [0.4, 0.5) is 0 Å². The Balaban J connectivity index is 1.80. The number of sulfone groups is 1. The molecule has 23 heavy (non-hydrogen) atoms. The van der Waals surface area contributed by atoms with Crippen LogP contribution in [0.1, 0.15) is 39.5 Å². The number of rotatable bonds is 6. The summed E-state index contributed by atoms with van der Waals surface area (Å²) < 4.78 is 23.1. The highest BCUT2D eigenvalue weighted by Crippen LogP contribution is 2.12. The summed E-state index contributed by atoms with van der Waals surface area (Å²) in [6, 6.07) is -0.00444. The van der Waals surface area contributed by atoms with E-state index in [0.717, 1.165) is 25.6 Å². The van der Waals surface area contributed by atoms with E-state index in [9.17, 15) is 8.42 Å². The Labute approximate surface area is 141 Å². The van der Waals surface area contributed by atoms with Crippen molar-refractivity contribution in [1.82, 2.24) is 15.5 Å². The summed E-state index contributed by atoms with van der Waals surface area (Å²) in [7, 11) is -2.86. The van der Waals surface area contributed by atoms with Gasteiger partial charge in [-0.1, -0.05) is 13.3 Å². The molecule has 2 heterocycles. The predicted molar refractivity (Wildman–Crippen MR) is 95.6 cm³/mol. The number of hydrogen-bond donors (Lipinski definition) is 2. The lowest BCUT2D eigenvalue weighted by molar-refractivity contribution is 0.203. The average molecular weight is 345 g/mol. The molecule has 2 aliphatic heterocycles. The highest BCUT2D eigenvalue weighted by molar-refractivity contribution is 7.91. The van der Waals surface area contributed by atoms with Gasteiger partial charge in [-0.2, -0.15) is 0 Å². The smallest absolute Gasteiger partial charge is 0.191 e. The predicted octanol–water partition coefficient (Wildman–Crippen LogP) is 0.851. The van der Waals surface area contributed by atoms with Crippen molar-refractivity contribution < 1.29 is 8.42 Å². The van der Waals surface area contributed by atoms with E-state index in [2.05, 4.69) is 27.4 Å². The van der Waals surface area contributed by atoms with Gasteiger partial charge in [0.05, 0.1) is 11.5 Å². The van der Waals surface area contributed by atoms with Gasteiger partial charge in [-0.3, -0.25) is 4.99 Å². The summed E-state index contributed by atoms with van der Waals surface area (Å²) in [6.45, 7) is 9.35. The summed E-state index contributed by atoms with van der Waals surface area (Å²) in [5.41, 5.74) is 0. The molecular formula is C16H32N4O2S. The second-order valence-electron chi connectivity index (χ2n) is 6.93. The Hall–Kier alpha value is -0.820. The maximum Gasteiger partial charge on any atom is 0.191 e. The van der Waals surface area contributed by atoms with Gasteiger partial charge >= 0.3 is 0 Å². The minimum absolute atomic E-state index is 0.00444. The zero-order valence-electron chi connectivity index (χ0n) is 14.6. The Bertz CT molecular complexity index is 486. The number of nitrogens with one attached hydrogen (secondary N) is 2. The van der Waals surface area contributed by atoms with E-state index in [4.69, 9.17) is 0 Å². The molecule has 0 aromatic carbocycles.